The molecule has 5 heteroatoms. The van der Waals surface area contributed by atoms with E-state index in [0.717, 1.165) is 37.3 Å². The molecule has 1 saturated heterocycles. The molecule has 0 spiro atoms. The van der Waals surface area contributed by atoms with Crippen LogP contribution in [-0.4, -0.2) is 42.1 Å². The highest BCUT2D eigenvalue weighted by Crippen LogP contribution is 2.24. The monoisotopic (exact) mass is 276 g/mol. The number of hydrogen-bond donors (Lipinski definition) is 2. The first-order chi connectivity index (χ1) is 9.74. The molecule has 0 aromatic carbocycles. The molecule has 1 aliphatic rings. The third kappa shape index (κ3) is 3.70. The second-order valence-electron chi connectivity index (χ2n) is 5.10. The van der Waals surface area contributed by atoms with Gasteiger partial charge in [0.25, 0.3) is 0 Å². The largest absolute Gasteiger partial charge is 0.325 e. The summed E-state index contributed by atoms with van der Waals surface area (Å²) in [6, 6.07) is 3.92. The van der Waals surface area contributed by atoms with Crippen molar-refractivity contribution in [2.75, 3.05) is 31.5 Å². The zero-order chi connectivity index (χ0) is 14.4. The fraction of sp³-hybridized carbons (Fsp3) is 0.600. The number of carbonyl (C=O) groups is 1. The van der Waals surface area contributed by atoms with E-state index >= 15 is 0 Å². The van der Waals surface area contributed by atoms with Crippen molar-refractivity contribution in [3.05, 3.63) is 24.0 Å². The number of aromatic nitrogens is 1. The van der Waals surface area contributed by atoms with E-state index in [1.807, 2.05) is 26.0 Å². The van der Waals surface area contributed by atoms with Gasteiger partial charge in [-0.15, -0.1) is 0 Å². The third-order valence-electron chi connectivity index (χ3n) is 3.85. The number of rotatable bonds is 4. The molecule has 1 aromatic heterocycles. The SMILES string of the molecule is CCN(CC)C(=O)Nc1ccc(C2CCNCC2)nc1. The van der Waals surface area contributed by atoms with Gasteiger partial charge < -0.3 is 15.5 Å². The Balaban J connectivity index is 1.95. The molecule has 1 aliphatic heterocycles. The van der Waals surface area contributed by atoms with Gasteiger partial charge in [0.05, 0.1) is 11.9 Å². The normalized spacial score (nSPS) is 15.9. The van der Waals surface area contributed by atoms with Crippen LogP contribution in [0.2, 0.25) is 0 Å². The van der Waals surface area contributed by atoms with Gasteiger partial charge in [0, 0.05) is 24.7 Å². The van der Waals surface area contributed by atoms with Gasteiger partial charge in [-0.25, -0.2) is 4.79 Å². The summed E-state index contributed by atoms with van der Waals surface area (Å²) in [5.41, 5.74) is 1.90. The minimum Gasteiger partial charge on any atom is -0.325 e. The molecule has 5 nitrogen and oxygen atoms in total. The van der Waals surface area contributed by atoms with Crippen molar-refractivity contribution in [3.63, 3.8) is 0 Å². The van der Waals surface area contributed by atoms with Crippen LogP contribution >= 0.6 is 0 Å². The van der Waals surface area contributed by atoms with Crippen molar-refractivity contribution in [2.24, 2.45) is 0 Å². The molecule has 1 fully saturated rings. The van der Waals surface area contributed by atoms with Gasteiger partial charge in [0.1, 0.15) is 0 Å². The number of pyridine rings is 1. The molecule has 2 amide bonds. The van der Waals surface area contributed by atoms with Gasteiger partial charge in [0.2, 0.25) is 0 Å². The van der Waals surface area contributed by atoms with Gasteiger partial charge in [0.15, 0.2) is 0 Å². The lowest BCUT2D eigenvalue weighted by atomic mass is 9.94. The molecule has 0 saturated carbocycles. The van der Waals surface area contributed by atoms with Crippen LogP contribution in [-0.2, 0) is 0 Å². The van der Waals surface area contributed by atoms with Crippen LogP contribution in [0, 0.1) is 0 Å². The lowest BCUT2D eigenvalue weighted by molar-refractivity contribution is 0.217. The second kappa shape index (κ2) is 7.24. The predicted octanol–water partition coefficient (Wildman–Crippen LogP) is 2.42. The number of urea groups is 1. The summed E-state index contributed by atoms with van der Waals surface area (Å²) in [4.78, 5) is 18.2. The lowest BCUT2D eigenvalue weighted by Gasteiger charge is -2.22. The number of carbonyl (C=O) groups excluding carboxylic acids is 1. The molecule has 2 N–H and O–H groups in total. The number of amides is 2. The van der Waals surface area contributed by atoms with Crippen LogP contribution in [0.4, 0.5) is 10.5 Å². The van der Waals surface area contributed by atoms with E-state index in [1.165, 1.54) is 0 Å². The maximum atomic E-state index is 11.9. The molecule has 0 radical (unpaired) electrons. The zero-order valence-corrected chi connectivity index (χ0v) is 12.4. The summed E-state index contributed by atoms with van der Waals surface area (Å²) in [5.74, 6) is 0.545. The first-order valence-electron chi connectivity index (χ1n) is 7.47. The molecule has 2 rings (SSSR count). The maximum Gasteiger partial charge on any atom is 0.321 e. The summed E-state index contributed by atoms with van der Waals surface area (Å²) < 4.78 is 0. The quantitative estimate of drug-likeness (QED) is 0.888. The second-order valence-corrected chi connectivity index (χ2v) is 5.10. The summed E-state index contributed by atoms with van der Waals surface area (Å²) in [5, 5.41) is 6.24. The number of hydrogen-bond acceptors (Lipinski definition) is 3. The van der Waals surface area contributed by atoms with E-state index in [9.17, 15) is 4.79 Å². The number of anilines is 1. The first kappa shape index (κ1) is 14.8. The van der Waals surface area contributed by atoms with Crippen molar-refractivity contribution in [1.82, 2.24) is 15.2 Å². The summed E-state index contributed by atoms with van der Waals surface area (Å²) in [7, 11) is 0. The standard InChI is InChI=1S/C15H24N4O/c1-3-19(4-2)15(20)18-13-5-6-14(17-11-13)12-7-9-16-10-8-12/h5-6,11-12,16H,3-4,7-10H2,1-2H3,(H,18,20). The number of nitrogens with zero attached hydrogens (tertiary/aromatic N) is 2. The minimum absolute atomic E-state index is 0.0635. The molecular weight excluding hydrogens is 252 g/mol. The zero-order valence-electron chi connectivity index (χ0n) is 12.4. The lowest BCUT2D eigenvalue weighted by Crippen LogP contribution is -2.34. The van der Waals surface area contributed by atoms with E-state index in [-0.39, 0.29) is 6.03 Å². The van der Waals surface area contributed by atoms with Crippen LogP contribution in [0.3, 0.4) is 0 Å². The Morgan fingerprint density at radius 2 is 2.05 bits per heavy atom. The van der Waals surface area contributed by atoms with Crippen LogP contribution in [0.25, 0.3) is 0 Å². The Kier molecular flexibility index (Phi) is 5.35. The van der Waals surface area contributed by atoms with Crippen molar-refractivity contribution in [2.45, 2.75) is 32.6 Å². The minimum atomic E-state index is -0.0635. The molecular formula is C15H24N4O. The first-order valence-corrected chi connectivity index (χ1v) is 7.47. The Hall–Kier alpha value is -1.62. The molecule has 2 heterocycles. The molecule has 0 aliphatic carbocycles. The van der Waals surface area contributed by atoms with Gasteiger partial charge in [-0.2, -0.15) is 0 Å². The van der Waals surface area contributed by atoms with Gasteiger partial charge in [-0.05, 0) is 51.9 Å². The van der Waals surface area contributed by atoms with Crippen LogP contribution in [0.5, 0.6) is 0 Å². The van der Waals surface area contributed by atoms with Crippen molar-refractivity contribution < 1.29 is 4.79 Å². The smallest absolute Gasteiger partial charge is 0.321 e. The van der Waals surface area contributed by atoms with Gasteiger partial charge >= 0.3 is 6.03 Å². The molecule has 0 atom stereocenters. The van der Waals surface area contributed by atoms with E-state index in [2.05, 4.69) is 15.6 Å². The fourth-order valence-corrected chi connectivity index (χ4v) is 2.55. The Morgan fingerprint density at radius 3 is 2.60 bits per heavy atom. The third-order valence-corrected chi connectivity index (χ3v) is 3.85. The van der Waals surface area contributed by atoms with Crippen molar-refractivity contribution in [1.29, 1.82) is 0 Å². The van der Waals surface area contributed by atoms with Crippen LogP contribution in [0.15, 0.2) is 18.3 Å². The summed E-state index contributed by atoms with van der Waals surface area (Å²) in [6.45, 7) is 7.49. The highest BCUT2D eigenvalue weighted by molar-refractivity contribution is 5.89. The molecule has 0 unspecified atom stereocenters. The molecule has 1 aromatic rings. The molecule has 110 valence electrons. The van der Waals surface area contributed by atoms with Crippen LogP contribution < -0.4 is 10.6 Å². The van der Waals surface area contributed by atoms with Crippen molar-refractivity contribution in [3.8, 4) is 0 Å². The average molecular weight is 276 g/mol. The summed E-state index contributed by atoms with van der Waals surface area (Å²) >= 11 is 0. The van der Waals surface area contributed by atoms with E-state index < -0.39 is 0 Å². The van der Waals surface area contributed by atoms with E-state index in [1.54, 1.807) is 11.1 Å². The topological polar surface area (TPSA) is 57.3 Å². The van der Waals surface area contributed by atoms with Gasteiger partial charge in [-0.3, -0.25) is 4.98 Å². The predicted molar refractivity (Wildman–Crippen MR) is 81.0 cm³/mol. The maximum absolute atomic E-state index is 11.9. The average Bonchev–Trinajstić information content (AvgIpc) is 2.50. The summed E-state index contributed by atoms with van der Waals surface area (Å²) in [6.07, 6.45) is 4.04. The van der Waals surface area contributed by atoms with Gasteiger partial charge in [-0.1, -0.05) is 0 Å². The molecule has 20 heavy (non-hydrogen) atoms. The Labute approximate surface area is 120 Å². The number of piperidine rings is 1. The fourth-order valence-electron chi connectivity index (χ4n) is 2.55. The highest BCUT2D eigenvalue weighted by Gasteiger charge is 2.16. The highest BCUT2D eigenvalue weighted by atomic mass is 16.2. The number of nitrogens with one attached hydrogen (secondary N) is 2. The van der Waals surface area contributed by atoms with Crippen LogP contribution in [0.1, 0.15) is 38.3 Å². The molecule has 0 bridgehead atoms. The Bertz CT molecular complexity index is 422. The van der Waals surface area contributed by atoms with Crippen molar-refractivity contribution >= 4 is 11.7 Å². The van der Waals surface area contributed by atoms with E-state index in [0.29, 0.717) is 19.0 Å². The van der Waals surface area contributed by atoms with E-state index in [4.69, 9.17) is 0 Å². The Morgan fingerprint density at radius 1 is 1.35 bits per heavy atom.